The van der Waals surface area contributed by atoms with Crippen LogP contribution in [0.15, 0.2) is 29.2 Å². The molecule has 0 aliphatic heterocycles. The van der Waals surface area contributed by atoms with E-state index in [2.05, 4.69) is 9.82 Å². The summed E-state index contributed by atoms with van der Waals surface area (Å²) in [7, 11) is -2.11. The maximum absolute atomic E-state index is 12.6. The number of aliphatic hydroxyl groups is 1. The van der Waals surface area contributed by atoms with E-state index >= 15 is 0 Å². The first-order valence-corrected chi connectivity index (χ1v) is 8.51. The van der Waals surface area contributed by atoms with Gasteiger partial charge in [-0.3, -0.25) is 4.68 Å². The van der Waals surface area contributed by atoms with Crippen molar-refractivity contribution in [3.05, 3.63) is 46.2 Å². The number of hydrogen-bond acceptors (Lipinski definition) is 4. The van der Waals surface area contributed by atoms with Crippen molar-refractivity contribution in [1.29, 1.82) is 0 Å². The van der Waals surface area contributed by atoms with Crippen molar-refractivity contribution in [1.82, 2.24) is 14.5 Å². The average molecular weight is 344 g/mol. The van der Waals surface area contributed by atoms with Gasteiger partial charge in [-0.05, 0) is 31.5 Å². The molecule has 120 valence electrons. The number of aliphatic hydroxyl groups excluding tert-OH is 1. The molecule has 0 amide bonds. The summed E-state index contributed by atoms with van der Waals surface area (Å²) in [4.78, 5) is 0.141. The van der Waals surface area contributed by atoms with E-state index in [1.807, 2.05) is 0 Å². The molecule has 0 fully saturated rings. The summed E-state index contributed by atoms with van der Waals surface area (Å²) in [5.74, 6) is 0. The molecule has 6 nitrogen and oxygen atoms in total. The maximum Gasteiger partial charge on any atom is 0.244 e. The van der Waals surface area contributed by atoms with E-state index in [0.717, 1.165) is 0 Å². The van der Waals surface area contributed by atoms with Crippen molar-refractivity contribution in [2.24, 2.45) is 7.05 Å². The molecule has 1 heterocycles. The Hall–Kier alpha value is -1.41. The van der Waals surface area contributed by atoms with Crippen LogP contribution in [-0.2, 0) is 17.1 Å². The Labute approximate surface area is 134 Å². The van der Waals surface area contributed by atoms with Gasteiger partial charge in [-0.2, -0.15) is 5.10 Å². The van der Waals surface area contributed by atoms with Crippen molar-refractivity contribution in [2.45, 2.75) is 24.8 Å². The second-order valence-corrected chi connectivity index (χ2v) is 7.12. The Morgan fingerprint density at radius 3 is 2.36 bits per heavy atom. The van der Waals surface area contributed by atoms with E-state index in [1.54, 1.807) is 45.2 Å². The van der Waals surface area contributed by atoms with E-state index in [-0.39, 0.29) is 11.5 Å². The zero-order chi connectivity index (χ0) is 16.5. The van der Waals surface area contributed by atoms with Crippen LogP contribution in [0.2, 0.25) is 5.02 Å². The molecule has 1 aromatic heterocycles. The van der Waals surface area contributed by atoms with E-state index in [1.165, 1.54) is 4.68 Å². The summed E-state index contributed by atoms with van der Waals surface area (Å²) in [5, 5.41) is 14.2. The molecular formula is C14H18ClN3O3S. The third-order valence-corrected chi connectivity index (χ3v) is 5.44. The third-order valence-electron chi connectivity index (χ3n) is 3.46. The fraction of sp³-hybridized carbons (Fsp3) is 0.357. The molecule has 0 saturated carbocycles. The molecule has 1 atom stereocenters. The normalized spacial score (nSPS) is 13.3. The molecule has 2 rings (SSSR count). The Morgan fingerprint density at radius 1 is 1.32 bits per heavy atom. The summed E-state index contributed by atoms with van der Waals surface area (Å²) < 4.78 is 29.2. The molecule has 22 heavy (non-hydrogen) atoms. The van der Waals surface area contributed by atoms with Crippen LogP contribution in [0.4, 0.5) is 0 Å². The Kier molecular flexibility index (Phi) is 4.91. The number of aryl methyl sites for hydroxylation is 2. The van der Waals surface area contributed by atoms with Crippen molar-refractivity contribution in [3.63, 3.8) is 0 Å². The van der Waals surface area contributed by atoms with Crippen molar-refractivity contribution < 1.29 is 13.5 Å². The standard InChI is InChI=1S/C14H18ClN3O3S/c1-9-14(10(2)18(3)16-9)22(20,21)17-13(8-19)11-4-6-12(15)7-5-11/h4-7,13,17,19H,8H2,1-3H3. The van der Waals surface area contributed by atoms with Gasteiger partial charge >= 0.3 is 0 Å². The quantitative estimate of drug-likeness (QED) is 0.865. The number of aromatic nitrogens is 2. The first-order valence-electron chi connectivity index (χ1n) is 6.65. The Balaban J connectivity index is 2.35. The van der Waals surface area contributed by atoms with Crippen LogP contribution >= 0.6 is 11.6 Å². The first kappa shape index (κ1) is 17.0. The van der Waals surface area contributed by atoms with Gasteiger partial charge in [0, 0.05) is 12.1 Å². The molecule has 0 spiro atoms. The van der Waals surface area contributed by atoms with Gasteiger partial charge in [0.05, 0.1) is 24.0 Å². The Morgan fingerprint density at radius 2 is 1.91 bits per heavy atom. The monoisotopic (exact) mass is 343 g/mol. The average Bonchev–Trinajstić information content (AvgIpc) is 2.71. The molecule has 0 saturated heterocycles. The van der Waals surface area contributed by atoms with Gasteiger partial charge in [0.15, 0.2) is 0 Å². The number of halogens is 1. The van der Waals surface area contributed by atoms with E-state index < -0.39 is 16.1 Å². The molecule has 8 heteroatoms. The van der Waals surface area contributed by atoms with Crippen molar-refractivity contribution >= 4 is 21.6 Å². The van der Waals surface area contributed by atoms with Crippen LogP contribution < -0.4 is 4.72 Å². The molecule has 0 aliphatic carbocycles. The number of hydrogen-bond donors (Lipinski definition) is 2. The predicted octanol–water partition coefficient (Wildman–Crippen LogP) is 1.70. The SMILES string of the molecule is Cc1nn(C)c(C)c1S(=O)(=O)NC(CO)c1ccc(Cl)cc1. The molecule has 0 radical (unpaired) electrons. The van der Waals surface area contributed by atoms with Crippen molar-refractivity contribution in [3.8, 4) is 0 Å². The number of rotatable bonds is 5. The highest BCUT2D eigenvalue weighted by molar-refractivity contribution is 7.89. The largest absolute Gasteiger partial charge is 0.394 e. The first-order chi connectivity index (χ1) is 10.3. The van der Waals surface area contributed by atoms with Crippen LogP contribution in [0.1, 0.15) is 23.0 Å². The van der Waals surface area contributed by atoms with Gasteiger partial charge < -0.3 is 5.11 Å². The highest BCUT2D eigenvalue weighted by Crippen LogP contribution is 2.22. The third kappa shape index (κ3) is 3.33. The van der Waals surface area contributed by atoms with E-state index in [4.69, 9.17) is 11.6 Å². The molecule has 0 aliphatic rings. The van der Waals surface area contributed by atoms with Gasteiger partial charge in [-0.25, -0.2) is 13.1 Å². The topological polar surface area (TPSA) is 84.2 Å². The summed E-state index contributed by atoms with van der Waals surface area (Å²) in [6.45, 7) is 2.96. The van der Waals surface area contributed by atoms with Crippen LogP contribution in [-0.4, -0.2) is 29.9 Å². The lowest BCUT2D eigenvalue weighted by atomic mass is 10.1. The smallest absolute Gasteiger partial charge is 0.244 e. The minimum absolute atomic E-state index is 0.141. The summed E-state index contributed by atoms with van der Waals surface area (Å²) in [6, 6.07) is 5.90. The number of sulfonamides is 1. The lowest BCUT2D eigenvalue weighted by Crippen LogP contribution is -2.31. The molecule has 1 aromatic carbocycles. The number of nitrogens with one attached hydrogen (secondary N) is 1. The summed E-state index contributed by atoms with van der Waals surface area (Å²) in [5.41, 5.74) is 1.59. The maximum atomic E-state index is 12.6. The molecular weight excluding hydrogens is 326 g/mol. The highest BCUT2D eigenvalue weighted by Gasteiger charge is 2.27. The minimum atomic E-state index is -3.80. The fourth-order valence-corrected chi connectivity index (χ4v) is 4.07. The zero-order valence-electron chi connectivity index (χ0n) is 12.5. The van der Waals surface area contributed by atoms with Crippen LogP contribution in [0.3, 0.4) is 0 Å². The summed E-state index contributed by atoms with van der Waals surface area (Å²) >= 11 is 5.82. The lowest BCUT2D eigenvalue weighted by Gasteiger charge is -2.17. The van der Waals surface area contributed by atoms with Crippen LogP contribution in [0, 0.1) is 13.8 Å². The van der Waals surface area contributed by atoms with Crippen LogP contribution in [0.5, 0.6) is 0 Å². The number of benzene rings is 1. The molecule has 0 bridgehead atoms. The molecule has 1 unspecified atom stereocenters. The molecule has 2 N–H and O–H groups in total. The Bertz CT molecular complexity index is 769. The van der Waals surface area contributed by atoms with Gasteiger partial charge in [-0.1, -0.05) is 23.7 Å². The molecule has 2 aromatic rings. The summed E-state index contributed by atoms with van der Waals surface area (Å²) in [6.07, 6.45) is 0. The lowest BCUT2D eigenvalue weighted by molar-refractivity contribution is 0.259. The number of nitrogens with zero attached hydrogens (tertiary/aromatic N) is 2. The van der Waals surface area contributed by atoms with Gasteiger partial charge in [-0.15, -0.1) is 0 Å². The van der Waals surface area contributed by atoms with E-state index in [9.17, 15) is 13.5 Å². The van der Waals surface area contributed by atoms with Crippen LogP contribution in [0.25, 0.3) is 0 Å². The highest BCUT2D eigenvalue weighted by atomic mass is 35.5. The van der Waals surface area contributed by atoms with Gasteiger partial charge in [0.25, 0.3) is 0 Å². The zero-order valence-corrected chi connectivity index (χ0v) is 14.1. The van der Waals surface area contributed by atoms with Crippen molar-refractivity contribution in [2.75, 3.05) is 6.61 Å². The van der Waals surface area contributed by atoms with Gasteiger partial charge in [0.2, 0.25) is 10.0 Å². The second kappa shape index (κ2) is 6.37. The minimum Gasteiger partial charge on any atom is -0.394 e. The second-order valence-electron chi connectivity index (χ2n) is 5.03. The van der Waals surface area contributed by atoms with Gasteiger partial charge in [0.1, 0.15) is 4.90 Å². The fourth-order valence-electron chi connectivity index (χ4n) is 2.30. The van der Waals surface area contributed by atoms with E-state index in [0.29, 0.717) is 22.0 Å². The predicted molar refractivity (Wildman–Crippen MR) is 84.3 cm³/mol.